The number of aliphatic hydroxyl groups is 1. The van der Waals surface area contributed by atoms with Crippen LogP contribution in [0.3, 0.4) is 0 Å². The lowest BCUT2D eigenvalue weighted by molar-refractivity contribution is 0.212. The van der Waals surface area contributed by atoms with Crippen LogP contribution in [0.5, 0.6) is 0 Å². The molecule has 0 radical (unpaired) electrons. The van der Waals surface area contributed by atoms with Crippen LogP contribution in [0.2, 0.25) is 5.02 Å². The third kappa shape index (κ3) is 2.76. The number of halogens is 1. The Bertz CT molecular complexity index is 413. The van der Waals surface area contributed by atoms with Gasteiger partial charge in [-0.15, -0.1) is 0 Å². The minimum Gasteiger partial charge on any atom is -0.390 e. The second kappa shape index (κ2) is 5.87. The molecule has 1 aliphatic rings. The van der Waals surface area contributed by atoms with E-state index in [0.717, 1.165) is 31.9 Å². The lowest BCUT2D eigenvalue weighted by Crippen LogP contribution is -2.51. The SMILES string of the molecule is CCC1CN(c2ccc(Cl)c(CO)n2)CCN1C. The van der Waals surface area contributed by atoms with Gasteiger partial charge in [0.1, 0.15) is 5.82 Å². The molecule has 0 bridgehead atoms. The van der Waals surface area contributed by atoms with Gasteiger partial charge in [0.25, 0.3) is 0 Å². The predicted molar refractivity (Wildman–Crippen MR) is 74.1 cm³/mol. The van der Waals surface area contributed by atoms with Gasteiger partial charge < -0.3 is 10.0 Å². The summed E-state index contributed by atoms with van der Waals surface area (Å²) in [5.41, 5.74) is 0.557. The lowest BCUT2D eigenvalue weighted by atomic mass is 10.1. The van der Waals surface area contributed by atoms with Crippen molar-refractivity contribution in [3.8, 4) is 0 Å². The normalized spacial score (nSPS) is 21.3. The summed E-state index contributed by atoms with van der Waals surface area (Å²) in [6, 6.07) is 4.31. The average Bonchev–Trinajstić information content (AvgIpc) is 2.40. The number of aliphatic hydroxyl groups excluding tert-OH is 1. The molecule has 100 valence electrons. The maximum Gasteiger partial charge on any atom is 0.129 e. The number of nitrogens with zero attached hydrogens (tertiary/aromatic N) is 3. The number of piperazine rings is 1. The van der Waals surface area contributed by atoms with E-state index in [9.17, 15) is 5.11 Å². The minimum absolute atomic E-state index is 0.113. The number of aromatic nitrogens is 1. The van der Waals surface area contributed by atoms with Crippen LogP contribution in [0.1, 0.15) is 19.0 Å². The Balaban J connectivity index is 2.16. The summed E-state index contributed by atoms with van der Waals surface area (Å²) in [6.07, 6.45) is 1.13. The monoisotopic (exact) mass is 269 g/mol. The Morgan fingerprint density at radius 2 is 2.22 bits per heavy atom. The van der Waals surface area contributed by atoms with E-state index in [2.05, 4.69) is 28.8 Å². The van der Waals surface area contributed by atoms with Crippen LogP contribution in [0.15, 0.2) is 12.1 Å². The highest BCUT2D eigenvalue weighted by Gasteiger charge is 2.23. The van der Waals surface area contributed by atoms with Gasteiger partial charge in [0, 0.05) is 25.7 Å². The first-order valence-corrected chi connectivity index (χ1v) is 6.75. The Morgan fingerprint density at radius 1 is 1.44 bits per heavy atom. The minimum atomic E-state index is -0.113. The summed E-state index contributed by atoms with van der Waals surface area (Å²) in [5.74, 6) is 0.912. The molecule has 0 aromatic carbocycles. The highest BCUT2D eigenvalue weighted by atomic mass is 35.5. The summed E-state index contributed by atoms with van der Waals surface area (Å²) >= 11 is 5.97. The fraction of sp³-hybridized carbons (Fsp3) is 0.615. The van der Waals surface area contributed by atoms with Crippen LogP contribution in [-0.2, 0) is 6.61 Å². The fourth-order valence-corrected chi connectivity index (χ4v) is 2.52. The van der Waals surface area contributed by atoms with Crippen molar-refractivity contribution in [1.29, 1.82) is 0 Å². The fourth-order valence-electron chi connectivity index (χ4n) is 2.35. The zero-order chi connectivity index (χ0) is 13.1. The number of rotatable bonds is 3. The van der Waals surface area contributed by atoms with Gasteiger partial charge in [-0.2, -0.15) is 0 Å². The molecule has 0 aliphatic carbocycles. The molecule has 0 spiro atoms. The third-order valence-electron chi connectivity index (χ3n) is 3.63. The molecule has 4 nitrogen and oxygen atoms in total. The lowest BCUT2D eigenvalue weighted by Gasteiger charge is -2.39. The van der Waals surface area contributed by atoms with Crippen LogP contribution in [0.4, 0.5) is 5.82 Å². The predicted octanol–water partition coefficient (Wildman–Crippen LogP) is 1.76. The first-order valence-electron chi connectivity index (χ1n) is 6.37. The molecule has 0 saturated carbocycles. The molecule has 1 fully saturated rings. The standard InChI is InChI=1S/C13H20ClN3O/c1-3-10-8-17(7-6-16(10)2)13-5-4-11(14)12(9-18)15-13/h4-5,10,18H,3,6-9H2,1-2H3. The van der Waals surface area contributed by atoms with Crippen molar-refractivity contribution in [2.24, 2.45) is 0 Å². The molecule has 1 aromatic heterocycles. The molecule has 2 rings (SSSR count). The molecular formula is C13H20ClN3O. The zero-order valence-electron chi connectivity index (χ0n) is 10.9. The summed E-state index contributed by atoms with van der Waals surface area (Å²) in [7, 11) is 2.17. The number of hydrogen-bond acceptors (Lipinski definition) is 4. The maximum atomic E-state index is 9.21. The smallest absolute Gasteiger partial charge is 0.129 e. The second-order valence-electron chi connectivity index (χ2n) is 4.74. The van der Waals surface area contributed by atoms with E-state index in [-0.39, 0.29) is 6.61 Å². The van der Waals surface area contributed by atoms with Gasteiger partial charge in [-0.05, 0) is 25.6 Å². The van der Waals surface area contributed by atoms with Crippen LogP contribution in [-0.4, -0.2) is 47.7 Å². The van der Waals surface area contributed by atoms with E-state index in [1.54, 1.807) is 0 Å². The Kier molecular flexibility index (Phi) is 4.43. The van der Waals surface area contributed by atoms with E-state index >= 15 is 0 Å². The van der Waals surface area contributed by atoms with Crippen LogP contribution < -0.4 is 4.90 Å². The summed E-state index contributed by atoms with van der Waals surface area (Å²) in [6.45, 7) is 5.08. The molecule has 0 amide bonds. The van der Waals surface area contributed by atoms with E-state index in [1.807, 2.05) is 12.1 Å². The van der Waals surface area contributed by atoms with Gasteiger partial charge in [-0.25, -0.2) is 4.98 Å². The zero-order valence-corrected chi connectivity index (χ0v) is 11.7. The summed E-state index contributed by atoms with van der Waals surface area (Å²) in [4.78, 5) is 9.09. The largest absolute Gasteiger partial charge is 0.390 e. The van der Waals surface area contributed by atoms with E-state index in [0.29, 0.717) is 16.8 Å². The highest BCUT2D eigenvalue weighted by Crippen LogP contribution is 2.22. The maximum absolute atomic E-state index is 9.21. The molecule has 1 unspecified atom stereocenters. The van der Waals surface area contributed by atoms with Gasteiger partial charge in [0.15, 0.2) is 0 Å². The Hall–Kier alpha value is -0.840. The van der Waals surface area contributed by atoms with E-state index < -0.39 is 0 Å². The van der Waals surface area contributed by atoms with Gasteiger partial charge in [-0.3, -0.25) is 4.90 Å². The van der Waals surface area contributed by atoms with Gasteiger partial charge in [-0.1, -0.05) is 18.5 Å². The first kappa shape index (κ1) is 13.6. The van der Waals surface area contributed by atoms with Crippen molar-refractivity contribution >= 4 is 17.4 Å². The average molecular weight is 270 g/mol. The quantitative estimate of drug-likeness (QED) is 0.908. The molecule has 1 aliphatic heterocycles. The number of likely N-dealkylation sites (N-methyl/N-ethyl adjacent to an activating group) is 1. The second-order valence-corrected chi connectivity index (χ2v) is 5.15. The molecule has 1 N–H and O–H groups in total. The van der Waals surface area contributed by atoms with Gasteiger partial charge in [0.2, 0.25) is 0 Å². The first-order chi connectivity index (χ1) is 8.65. The van der Waals surface area contributed by atoms with Crippen LogP contribution in [0, 0.1) is 0 Å². The van der Waals surface area contributed by atoms with Crippen molar-refractivity contribution in [1.82, 2.24) is 9.88 Å². The van der Waals surface area contributed by atoms with Crippen molar-refractivity contribution < 1.29 is 5.11 Å². The van der Waals surface area contributed by atoms with Crippen LogP contribution >= 0.6 is 11.6 Å². The number of pyridine rings is 1. The molecule has 1 saturated heterocycles. The van der Waals surface area contributed by atoms with Gasteiger partial charge in [0.05, 0.1) is 17.3 Å². The van der Waals surface area contributed by atoms with E-state index in [4.69, 9.17) is 11.6 Å². The Morgan fingerprint density at radius 3 is 2.89 bits per heavy atom. The molecule has 18 heavy (non-hydrogen) atoms. The van der Waals surface area contributed by atoms with Crippen molar-refractivity contribution in [3.05, 3.63) is 22.8 Å². The highest BCUT2D eigenvalue weighted by molar-refractivity contribution is 6.31. The number of hydrogen-bond donors (Lipinski definition) is 1. The topological polar surface area (TPSA) is 39.6 Å². The molecule has 2 heterocycles. The molecule has 1 atom stereocenters. The summed E-state index contributed by atoms with van der Waals surface area (Å²) in [5, 5.41) is 9.74. The third-order valence-corrected chi connectivity index (χ3v) is 3.97. The molecule has 1 aromatic rings. The van der Waals surface area contributed by atoms with Crippen molar-refractivity contribution in [2.45, 2.75) is 26.0 Å². The number of anilines is 1. The van der Waals surface area contributed by atoms with Crippen molar-refractivity contribution in [2.75, 3.05) is 31.6 Å². The molecular weight excluding hydrogens is 250 g/mol. The Labute approximate surface area is 113 Å². The van der Waals surface area contributed by atoms with Crippen LogP contribution in [0.25, 0.3) is 0 Å². The van der Waals surface area contributed by atoms with Gasteiger partial charge >= 0.3 is 0 Å². The summed E-state index contributed by atoms with van der Waals surface area (Å²) < 4.78 is 0. The molecule has 5 heteroatoms. The van der Waals surface area contributed by atoms with Crippen molar-refractivity contribution in [3.63, 3.8) is 0 Å². The van der Waals surface area contributed by atoms with E-state index in [1.165, 1.54) is 0 Å².